The van der Waals surface area contributed by atoms with Crippen LogP contribution in [0.25, 0.3) is 0 Å². The molecule has 0 amide bonds. The molecule has 0 atom stereocenters. The van der Waals surface area contributed by atoms with Crippen molar-refractivity contribution in [1.29, 1.82) is 0 Å². The van der Waals surface area contributed by atoms with Gasteiger partial charge in [-0.15, -0.1) is 0 Å². The second-order valence-electron chi connectivity index (χ2n) is 2.88. The van der Waals surface area contributed by atoms with Crippen LogP contribution < -0.4 is 0 Å². The smallest absolute Gasteiger partial charge is 0.793 e. The Morgan fingerprint density at radius 1 is 0.500 bits per heavy atom. The minimum absolute atomic E-state index is 0. The van der Waals surface area contributed by atoms with Gasteiger partial charge >= 0.3 is 22.4 Å². The van der Waals surface area contributed by atoms with Gasteiger partial charge in [-0.1, -0.05) is 44.9 Å². The van der Waals surface area contributed by atoms with Gasteiger partial charge in [-0.3, -0.25) is 0 Å². The van der Waals surface area contributed by atoms with Crippen LogP contribution in [0.5, 0.6) is 0 Å². The van der Waals surface area contributed by atoms with Crippen LogP contribution >= 0.6 is 0 Å². The van der Waals surface area contributed by atoms with Crippen molar-refractivity contribution >= 4 is 25.3 Å². The third-order valence-corrected chi connectivity index (χ3v) is 2.37. The van der Waals surface area contributed by atoms with Crippen LogP contribution in [0.1, 0.15) is 44.9 Å². The molecule has 0 spiro atoms. The Labute approximate surface area is 104 Å². The molecule has 0 aliphatic rings. The van der Waals surface area contributed by atoms with E-state index >= 15 is 0 Å². The van der Waals surface area contributed by atoms with Crippen LogP contribution in [0.3, 0.4) is 0 Å². The molecule has 0 aromatic rings. The number of hydrogen-bond acceptors (Lipinski definition) is 2. The zero-order valence-corrected chi connectivity index (χ0v) is 10.6. The molecule has 0 heterocycles. The summed E-state index contributed by atoms with van der Waals surface area (Å²) in [7, 11) is 0. The first-order valence-corrected chi connectivity index (χ1v) is 5.73. The average Bonchev–Trinajstić information content (AvgIpc) is 2.03. The summed E-state index contributed by atoms with van der Waals surface area (Å²) in [5.74, 6) is 1.87. The average molecular weight is 298 g/mol. The summed E-state index contributed by atoms with van der Waals surface area (Å²) in [6.07, 6.45) is 9.24. The van der Waals surface area contributed by atoms with Crippen LogP contribution in [0.4, 0.5) is 0 Å². The van der Waals surface area contributed by atoms with Crippen molar-refractivity contribution in [3.63, 3.8) is 0 Å². The molecule has 0 aliphatic heterocycles. The van der Waals surface area contributed by atoms with Gasteiger partial charge in [0.05, 0.1) is 0 Å². The molecule has 0 aromatic carbocycles. The zero-order chi connectivity index (χ0) is 8.36. The fourth-order valence-electron chi connectivity index (χ4n) is 1.09. The molecule has 0 saturated heterocycles. The summed E-state index contributed by atoms with van der Waals surface area (Å²) in [5.41, 5.74) is 0. The van der Waals surface area contributed by atoms with Crippen LogP contribution in [-0.2, 0) is 47.6 Å². The Kier molecular flexibility index (Phi) is 19.8. The Morgan fingerprint density at radius 3 is 1.00 bits per heavy atom. The van der Waals surface area contributed by atoms with E-state index in [0.717, 1.165) is 11.5 Å². The number of rotatable bonds is 8. The summed E-state index contributed by atoms with van der Waals surface area (Å²) in [5, 5.41) is 0. The normalized spacial score (nSPS) is 9.50. The van der Waals surface area contributed by atoms with Crippen molar-refractivity contribution in [2.45, 2.75) is 44.9 Å². The van der Waals surface area contributed by atoms with E-state index in [2.05, 4.69) is 0 Å². The molecule has 0 unspecified atom stereocenters. The van der Waals surface area contributed by atoms with Crippen LogP contribution in [-0.4, -0.2) is 11.5 Å². The van der Waals surface area contributed by atoms with E-state index in [0.29, 0.717) is 0 Å². The Morgan fingerprint density at radius 2 is 0.750 bits per heavy atom. The molecule has 0 aliphatic carbocycles. The topological polar surface area (TPSA) is 0 Å². The molecule has 0 saturated carbocycles. The fourth-order valence-corrected chi connectivity index (χ4v) is 1.50. The standard InChI is InChI=1S/C9H20S2.Ag/c10-8-6-4-2-1-3-5-7-9-11;/h10-11H,1-9H2;/q;+2/p-2. The van der Waals surface area contributed by atoms with E-state index in [1.54, 1.807) is 0 Å². The zero-order valence-electron chi connectivity index (χ0n) is 7.48. The first kappa shape index (κ1) is 15.9. The molecule has 77 valence electrons. The Hall–Kier alpha value is 1.44. The van der Waals surface area contributed by atoms with Crippen molar-refractivity contribution < 1.29 is 22.4 Å². The SMILES string of the molecule is [Ag+2].[S-]CCCCCCCCC[S-]. The molecule has 12 heavy (non-hydrogen) atoms. The molecule has 0 aromatic heterocycles. The second kappa shape index (κ2) is 14.9. The molecule has 0 nitrogen and oxygen atoms in total. The maximum absolute atomic E-state index is 4.86. The second-order valence-corrected chi connectivity index (χ2v) is 3.70. The van der Waals surface area contributed by atoms with Crippen molar-refractivity contribution in [2.24, 2.45) is 0 Å². The minimum atomic E-state index is 0. The van der Waals surface area contributed by atoms with E-state index in [1.165, 1.54) is 44.9 Å². The van der Waals surface area contributed by atoms with Gasteiger partial charge in [0.2, 0.25) is 0 Å². The third kappa shape index (κ3) is 14.0. The third-order valence-electron chi connectivity index (χ3n) is 1.79. The first-order chi connectivity index (χ1) is 5.41. The molecular formula is C9H18AgS2. The Bertz CT molecular complexity index is 61.5. The molecule has 0 bridgehead atoms. The van der Waals surface area contributed by atoms with Gasteiger partial charge in [0.15, 0.2) is 0 Å². The molecule has 0 fully saturated rings. The van der Waals surface area contributed by atoms with E-state index in [4.69, 9.17) is 25.3 Å². The monoisotopic (exact) mass is 297 g/mol. The quantitative estimate of drug-likeness (QED) is 0.384. The van der Waals surface area contributed by atoms with Crippen molar-refractivity contribution in [3.8, 4) is 0 Å². The van der Waals surface area contributed by atoms with Crippen LogP contribution in [0, 0.1) is 0 Å². The van der Waals surface area contributed by atoms with Gasteiger partial charge in [-0.25, -0.2) is 0 Å². The molecular weight excluding hydrogens is 280 g/mol. The van der Waals surface area contributed by atoms with E-state index in [1.807, 2.05) is 0 Å². The molecule has 1 radical (unpaired) electrons. The van der Waals surface area contributed by atoms with E-state index < -0.39 is 0 Å². The predicted molar refractivity (Wildman–Crippen MR) is 56.8 cm³/mol. The molecule has 0 rings (SSSR count). The largest absolute Gasteiger partial charge is 2.00 e. The maximum Gasteiger partial charge on any atom is 2.00 e. The van der Waals surface area contributed by atoms with Gasteiger partial charge < -0.3 is 25.3 Å². The van der Waals surface area contributed by atoms with Crippen molar-refractivity contribution in [1.82, 2.24) is 0 Å². The van der Waals surface area contributed by atoms with Gasteiger partial charge in [0.25, 0.3) is 0 Å². The van der Waals surface area contributed by atoms with E-state index in [-0.39, 0.29) is 22.4 Å². The van der Waals surface area contributed by atoms with Gasteiger partial charge in [-0.2, -0.15) is 11.5 Å². The van der Waals surface area contributed by atoms with Gasteiger partial charge in [0, 0.05) is 0 Å². The van der Waals surface area contributed by atoms with Crippen LogP contribution in [0.2, 0.25) is 0 Å². The number of hydrogen-bond donors (Lipinski definition) is 0. The van der Waals surface area contributed by atoms with Gasteiger partial charge in [0.1, 0.15) is 0 Å². The molecule has 0 N–H and O–H groups in total. The maximum atomic E-state index is 4.86. The summed E-state index contributed by atoms with van der Waals surface area (Å²) in [6, 6.07) is 0. The van der Waals surface area contributed by atoms with E-state index in [9.17, 15) is 0 Å². The summed E-state index contributed by atoms with van der Waals surface area (Å²) < 4.78 is 0. The van der Waals surface area contributed by atoms with Crippen molar-refractivity contribution in [2.75, 3.05) is 11.5 Å². The fraction of sp³-hybridized carbons (Fsp3) is 1.00. The van der Waals surface area contributed by atoms with Gasteiger partial charge in [-0.05, 0) is 0 Å². The Balaban J connectivity index is 0. The predicted octanol–water partition coefficient (Wildman–Crippen LogP) is 2.81. The molecule has 3 heteroatoms. The van der Waals surface area contributed by atoms with Crippen molar-refractivity contribution in [3.05, 3.63) is 0 Å². The number of unbranched alkanes of at least 4 members (excludes halogenated alkanes) is 6. The van der Waals surface area contributed by atoms with Crippen LogP contribution in [0.15, 0.2) is 0 Å². The summed E-state index contributed by atoms with van der Waals surface area (Å²) in [4.78, 5) is 0. The summed E-state index contributed by atoms with van der Waals surface area (Å²) >= 11 is 9.72. The minimum Gasteiger partial charge on any atom is -0.793 e. The summed E-state index contributed by atoms with van der Waals surface area (Å²) in [6.45, 7) is 0. The first-order valence-electron chi connectivity index (χ1n) is 4.58.